The Labute approximate surface area is 231 Å². The first-order chi connectivity index (χ1) is 19.5. The summed E-state index contributed by atoms with van der Waals surface area (Å²) in [5, 5.41) is 14.9. The molecule has 0 aliphatic rings. The van der Waals surface area contributed by atoms with Crippen molar-refractivity contribution in [2.24, 2.45) is 0 Å². The number of aromatic nitrogens is 2. The van der Waals surface area contributed by atoms with Gasteiger partial charge in [-0.05, 0) is 54.4 Å². The Hall–Kier alpha value is -4.76. The standard InChI is InChI=1S/C31H31N3O6/c1-37-20-9-11-26-23(14-20)24(15-27(34-26)22-10-12-28(38-2)30(40-4)29(22)39-3)31(36)33-19(17-35)13-18-16-32-25-8-6-5-7-21(18)25/h5-12,14-16,19,32,35H,13,17H2,1-4H3,(H,33,36). The number of ether oxygens (including phenoxy) is 4. The molecule has 0 saturated carbocycles. The number of aliphatic hydroxyl groups excluding tert-OH is 1. The van der Waals surface area contributed by atoms with Crippen LogP contribution in [0.4, 0.5) is 0 Å². The van der Waals surface area contributed by atoms with Crippen LogP contribution in [0.5, 0.6) is 23.0 Å². The van der Waals surface area contributed by atoms with Crippen LogP contribution in [-0.4, -0.2) is 62.1 Å². The number of carbonyl (C=O) groups excluding carboxylic acids is 1. The van der Waals surface area contributed by atoms with Crippen molar-refractivity contribution in [1.29, 1.82) is 0 Å². The monoisotopic (exact) mass is 541 g/mol. The molecule has 0 spiro atoms. The van der Waals surface area contributed by atoms with Crippen molar-refractivity contribution in [3.63, 3.8) is 0 Å². The summed E-state index contributed by atoms with van der Waals surface area (Å²) in [4.78, 5) is 21.9. The summed E-state index contributed by atoms with van der Waals surface area (Å²) in [6.07, 6.45) is 2.36. The number of nitrogens with zero attached hydrogens (tertiary/aromatic N) is 1. The highest BCUT2D eigenvalue weighted by Crippen LogP contribution is 2.44. The van der Waals surface area contributed by atoms with Gasteiger partial charge in [0, 0.05) is 28.0 Å². The lowest BCUT2D eigenvalue weighted by Gasteiger charge is -2.19. The Morgan fingerprint density at radius 1 is 0.925 bits per heavy atom. The lowest BCUT2D eigenvalue weighted by atomic mass is 10.0. The minimum Gasteiger partial charge on any atom is -0.497 e. The number of pyridine rings is 1. The van der Waals surface area contributed by atoms with Gasteiger partial charge < -0.3 is 34.4 Å². The summed E-state index contributed by atoms with van der Waals surface area (Å²) in [6.45, 7) is -0.228. The zero-order valence-electron chi connectivity index (χ0n) is 22.8. The first kappa shape index (κ1) is 26.8. The van der Waals surface area contributed by atoms with Gasteiger partial charge in [-0.1, -0.05) is 18.2 Å². The highest BCUT2D eigenvalue weighted by atomic mass is 16.5. The fourth-order valence-corrected chi connectivity index (χ4v) is 4.95. The van der Waals surface area contributed by atoms with E-state index in [9.17, 15) is 9.90 Å². The quantitative estimate of drug-likeness (QED) is 0.234. The number of amides is 1. The number of aliphatic hydroxyl groups is 1. The van der Waals surface area contributed by atoms with Crippen molar-refractivity contribution in [3.05, 3.63) is 78.0 Å². The Kier molecular flexibility index (Phi) is 7.75. The molecule has 0 aliphatic carbocycles. The molecule has 2 heterocycles. The molecule has 0 radical (unpaired) electrons. The molecule has 206 valence electrons. The maximum atomic E-state index is 13.8. The van der Waals surface area contributed by atoms with Crippen LogP contribution in [0.3, 0.4) is 0 Å². The molecule has 2 aromatic heterocycles. The third kappa shape index (κ3) is 4.99. The van der Waals surface area contributed by atoms with Crippen molar-refractivity contribution in [2.45, 2.75) is 12.5 Å². The minimum atomic E-state index is -0.514. The molecule has 1 amide bonds. The van der Waals surface area contributed by atoms with E-state index in [0.29, 0.717) is 57.1 Å². The molecule has 9 nitrogen and oxygen atoms in total. The molecule has 1 atom stereocenters. The molecule has 5 rings (SSSR count). The SMILES string of the molecule is COc1ccc2nc(-c3ccc(OC)c(OC)c3OC)cc(C(=O)NC(CO)Cc3c[nH]c4ccccc34)c2c1. The number of benzene rings is 3. The largest absolute Gasteiger partial charge is 0.497 e. The molecule has 40 heavy (non-hydrogen) atoms. The Bertz CT molecular complexity index is 1680. The van der Waals surface area contributed by atoms with E-state index in [1.807, 2.05) is 36.5 Å². The zero-order chi connectivity index (χ0) is 28.2. The topological polar surface area (TPSA) is 115 Å². The molecule has 1 unspecified atom stereocenters. The predicted octanol–water partition coefficient (Wildman–Crippen LogP) is 4.75. The Morgan fingerprint density at radius 2 is 1.73 bits per heavy atom. The molecule has 0 aliphatic heterocycles. The number of fused-ring (bicyclic) bond motifs is 2. The molecule has 0 saturated heterocycles. The predicted molar refractivity (Wildman–Crippen MR) is 154 cm³/mol. The van der Waals surface area contributed by atoms with Crippen molar-refractivity contribution in [2.75, 3.05) is 35.0 Å². The summed E-state index contributed by atoms with van der Waals surface area (Å²) in [5.41, 5.74) is 4.13. The van der Waals surface area contributed by atoms with Crippen molar-refractivity contribution >= 4 is 27.7 Å². The highest BCUT2D eigenvalue weighted by Gasteiger charge is 2.23. The number of para-hydroxylation sites is 1. The van der Waals surface area contributed by atoms with Gasteiger partial charge in [0.25, 0.3) is 5.91 Å². The van der Waals surface area contributed by atoms with E-state index in [2.05, 4.69) is 10.3 Å². The van der Waals surface area contributed by atoms with Crippen LogP contribution in [0.1, 0.15) is 15.9 Å². The normalized spacial score (nSPS) is 11.8. The van der Waals surface area contributed by atoms with Gasteiger partial charge in [0.1, 0.15) is 5.75 Å². The lowest BCUT2D eigenvalue weighted by Crippen LogP contribution is -2.39. The molecule has 9 heteroatoms. The number of rotatable bonds is 10. The van der Waals surface area contributed by atoms with E-state index in [1.165, 1.54) is 14.2 Å². The van der Waals surface area contributed by atoms with Crippen molar-refractivity contribution in [3.8, 4) is 34.3 Å². The van der Waals surface area contributed by atoms with Crippen LogP contribution in [0, 0.1) is 0 Å². The fourth-order valence-electron chi connectivity index (χ4n) is 4.95. The van der Waals surface area contributed by atoms with Crippen molar-refractivity contribution in [1.82, 2.24) is 15.3 Å². The summed E-state index contributed by atoms with van der Waals surface area (Å²) >= 11 is 0. The fraction of sp³-hybridized carbons (Fsp3) is 0.226. The zero-order valence-corrected chi connectivity index (χ0v) is 22.8. The third-order valence-corrected chi connectivity index (χ3v) is 6.94. The minimum absolute atomic E-state index is 0.228. The van der Waals surface area contributed by atoms with E-state index in [4.69, 9.17) is 23.9 Å². The number of carbonyl (C=O) groups is 1. The summed E-state index contributed by atoms with van der Waals surface area (Å²) in [7, 11) is 6.19. The van der Waals surface area contributed by atoms with Crippen LogP contribution in [-0.2, 0) is 6.42 Å². The van der Waals surface area contributed by atoms with Gasteiger partial charge in [0.2, 0.25) is 5.75 Å². The van der Waals surface area contributed by atoms with Crippen LogP contribution in [0.15, 0.2) is 66.9 Å². The summed E-state index contributed by atoms with van der Waals surface area (Å²) in [5.74, 6) is 1.61. The van der Waals surface area contributed by atoms with Gasteiger partial charge in [-0.25, -0.2) is 4.98 Å². The average Bonchev–Trinajstić information content (AvgIpc) is 3.41. The smallest absolute Gasteiger partial charge is 0.252 e. The Morgan fingerprint density at radius 3 is 2.45 bits per heavy atom. The van der Waals surface area contributed by atoms with Gasteiger partial charge in [-0.15, -0.1) is 0 Å². The van der Waals surface area contributed by atoms with Crippen LogP contribution >= 0.6 is 0 Å². The molecule has 0 bridgehead atoms. The van der Waals surface area contributed by atoms with E-state index >= 15 is 0 Å². The van der Waals surface area contributed by atoms with E-state index in [1.54, 1.807) is 44.6 Å². The third-order valence-electron chi connectivity index (χ3n) is 6.94. The first-order valence-electron chi connectivity index (χ1n) is 12.8. The number of hydrogen-bond donors (Lipinski definition) is 3. The second kappa shape index (κ2) is 11.5. The van der Waals surface area contributed by atoms with Crippen molar-refractivity contribution < 1.29 is 28.8 Å². The number of aromatic amines is 1. The Balaban J connectivity index is 1.57. The molecular formula is C31H31N3O6. The molecular weight excluding hydrogens is 510 g/mol. The highest BCUT2D eigenvalue weighted by molar-refractivity contribution is 6.08. The van der Waals surface area contributed by atoms with Crippen LogP contribution in [0.2, 0.25) is 0 Å². The number of hydrogen-bond acceptors (Lipinski definition) is 7. The van der Waals surface area contributed by atoms with Gasteiger partial charge >= 0.3 is 0 Å². The van der Waals surface area contributed by atoms with E-state index < -0.39 is 6.04 Å². The number of methoxy groups -OCH3 is 4. The molecule has 0 fully saturated rings. The van der Waals surface area contributed by atoms with Gasteiger partial charge in [0.05, 0.1) is 57.9 Å². The van der Waals surface area contributed by atoms with Gasteiger partial charge in [-0.2, -0.15) is 0 Å². The number of nitrogens with one attached hydrogen (secondary N) is 2. The lowest BCUT2D eigenvalue weighted by molar-refractivity contribution is 0.0918. The maximum Gasteiger partial charge on any atom is 0.252 e. The maximum absolute atomic E-state index is 13.8. The van der Waals surface area contributed by atoms with E-state index in [-0.39, 0.29) is 12.5 Å². The molecule has 5 aromatic rings. The first-order valence-corrected chi connectivity index (χ1v) is 12.8. The second-order valence-corrected chi connectivity index (χ2v) is 9.24. The van der Waals surface area contributed by atoms with Crippen LogP contribution in [0.25, 0.3) is 33.1 Å². The van der Waals surface area contributed by atoms with Gasteiger partial charge in [-0.3, -0.25) is 4.79 Å². The number of H-pyrrole nitrogens is 1. The second-order valence-electron chi connectivity index (χ2n) is 9.24. The summed E-state index contributed by atoms with van der Waals surface area (Å²) in [6, 6.07) is 18.1. The summed E-state index contributed by atoms with van der Waals surface area (Å²) < 4.78 is 22.1. The van der Waals surface area contributed by atoms with Gasteiger partial charge in [0.15, 0.2) is 11.5 Å². The van der Waals surface area contributed by atoms with Crippen LogP contribution < -0.4 is 24.3 Å². The molecule has 3 aromatic carbocycles. The average molecular weight is 542 g/mol. The molecule has 3 N–H and O–H groups in total. The van der Waals surface area contributed by atoms with E-state index in [0.717, 1.165) is 16.5 Å².